The van der Waals surface area contributed by atoms with Crippen LogP contribution < -0.4 is 5.32 Å². The van der Waals surface area contributed by atoms with Crippen LogP contribution in [-0.4, -0.2) is 46.5 Å². The smallest absolute Gasteiger partial charge is 0.289 e. The minimum absolute atomic E-state index is 0.159. The lowest BCUT2D eigenvalue weighted by Crippen LogP contribution is -2.41. The number of piperidine rings is 1. The van der Waals surface area contributed by atoms with Crippen molar-refractivity contribution in [3.63, 3.8) is 0 Å². The van der Waals surface area contributed by atoms with E-state index in [1.807, 2.05) is 0 Å². The van der Waals surface area contributed by atoms with E-state index in [2.05, 4.69) is 34.8 Å². The molecule has 0 radical (unpaired) electrons. The number of hydrogen-bond acceptors (Lipinski definition) is 3. The van der Waals surface area contributed by atoms with Crippen molar-refractivity contribution < 1.29 is 4.79 Å². The molecule has 1 amide bonds. The minimum atomic E-state index is 0.159. The Hall–Kier alpha value is -1.36. The molecule has 5 nitrogen and oxygen atoms in total. The average molecular weight is 359 g/mol. The van der Waals surface area contributed by atoms with Crippen molar-refractivity contribution in [2.75, 3.05) is 26.2 Å². The molecule has 4 rings (SSSR count). The second kappa shape index (κ2) is 7.71. The summed E-state index contributed by atoms with van der Waals surface area (Å²) in [5.74, 6) is 2.83. The first kappa shape index (κ1) is 18.0. The lowest BCUT2D eigenvalue weighted by Gasteiger charge is -2.34. The van der Waals surface area contributed by atoms with Gasteiger partial charge in [0, 0.05) is 25.3 Å². The number of amides is 1. The number of rotatable bonds is 4. The van der Waals surface area contributed by atoms with Gasteiger partial charge in [-0.2, -0.15) is 0 Å². The van der Waals surface area contributed by atoms with E-state index >= 15 is 0 Å². The standard InChI is InChI=1S/C21H34N4O/c1-15(2)19-14-25(18-5-3-4-6-18)20(23-19)21(26)24-11-8-16(9-12-24)17-7-10-22-13-17/h14-18,22H,3-13H2,1-2H3. The van der Waals surface area contributed by atoms with E-state index in [0.717, 1.165) is 43.5 Å². The highest BCUT2D eigenvalue weighted by molar-refractivity contribution is 5.91. The third-order valence-electron chi connectivity index (χ3n) is 6.84. The molecule has 0 spiro atoms. The van der Waals surface area contributed by atoms with Crippen molar-refractivity contribution in [2.24, 2.45) is 11.8 Å². The Balaban J connectivity index is 1.47. The van der Waals surface area contributed by atoms with Gasteiger partial charge in [-0.1, -0.05) is 26.7 Å². The molecule has 1 atom stereocenters. The summed E-state index contributed by atoms with van der Waals surface area (Å²) in [5, 5.41) is 3.49. The van der Waals surface area contributed by atoms with Gasteiger partial charge in [-0.25, -0.2) is 4.98 Å². The van der Waals surface area contributed by atoms with Crippen molar-refractivity contribution in [1.29, 1.82) is 0 Å². The number of aromatic nitrogens is 2. The summed E-state index contributed by atoms with van der Waals surface area (Å²) in [6.45, 7) is 8.46. The van der Waals surface area contributed by atoms with E-state index in [-0.39, 0.29) is 5.91 Å². The summed E-state index contributed by atoms with van der Waals surface area (Å²) in [5.41, 5.74) is 1.06. The van der Waals surface area contributed by atoms with Crippen LogP contribution >= 0.6 is 0 Å². The Morgan fingerprint density at radius 1 is 1.12 bits per heavy atom. The van der Waals surface area contributed by atoms with Gasteiger partial charge in [-0.15, -0.1) is 0 Å². The monoisotopic (exact) mass is 358 g/mol. The Labute approximate surface area is 157 Å². The van der Waals surface area contributed by atoms with Gasteiger partial charge < -0.3 is 14.8 Å². The van der Waals surface area contributed by atoms with Crippen LogP contribution in [0.3, 0.4) is 0 Å². The van der Waals surface area contributed by atoms with Crippen molar-refractivity contribution >= 4 is 5.91 Å². The molecule has 1 aromatic rings. The minimum Gasteiger partial charge on any atom is -0.336 e. The van der Waals surface area contributed by atoms with Crippen LogP contribution in [0, 0.1) is 11.8 Å². The first-order valence-electron chi connectivity index (χ1n) is 10.7. The topological polar surface area (TPSA) is 50.2 Å². The van der Waals surface area contributed by atoms with E-state index in [1.54, 1.807) is 0 Å². The van der Waals surface area contributed by atoms with Crippen molar-refractivity contribution in [1.82, 2.24) is 19.8 Å². The molecule has 1 aliphatic carbocycles. The molecule has 1 saturated carbocycles. The molecule has 1 N–H and O–H groups in total. The summed E-state index contributed by atoms with van der Waals surface area (Å²) >= 11 is 0. The molecule has 0 bridgehead atoms. The van der Waals surface area contributed by atoms with E-state index in [4.69, 9.17) is 4.98 Å². The number of hydrogen-bond donors (Lipinski definition) is 1. The summed E-state index contributed by atoms with van der Waals surface area (Å²) < 4.78 is 2.22. The van der Waals surface area contributed by atoms with Gasteiger partial charge in [0.25, 0.3) is 5.91 Å². The van der Waals surface area contributed by atoms with Gasteiger partial charge in [-0.3, -0.25) is 4.79 Å². The largest absolute Gasteiger partial charge is 0.336 e. The molecule has 3 aliphatic rings. The summed E-state index contributed by atoms with van der Waals surface area (Å²) in [7, 11) is 0. The number of carbonyl (C=O) groups is 1. The van der Waals surface area contributed by atoms with Crippen LogP contribution in [0.5, 0.6) is 0 Å². The fraction of sp³-hybridized carbons (Fsp3) is 0.810. The summed E-state index contributed by atoms with van der Waals surface area (Å²) in [6.07, 6.45) is 10.7. The van der Waals surface area contributed by atoms with Crippen molar-refractivity contribution in [3.05, 3.63) is 17.7 Å². The van der Waals surface area contributed by atoms with Crippen LogP contribution in [0.4, 0.5) is 0 Å². The number of imidazole rings is 1. The van der Waals surface area contributed by atoms with Gasteiger partial charge in [0.2, 0.25) is 0 Å². The lowest BCUT2D eigenvalue weighted by atomic mass is 9.84. The van der Waals surface area contributed by atoms with Gasteiger partial charge in [-0.05, 0) is 62.9 Å². The quantitative estimate of drug-likeness (QED) is 0.895. The van der Waals surface area contributed by atoms with Crippen LogP contribution in [-0.2, 0) is 0 Å². The molecule has 2 aliphatic heterocycles. The van der Waals surface area contributed by atoms with Crippen LogP contribution in [0.1, 0.15) is 87.1 Å². The Bertz CT molecular complexity index is 618. The molecule has 26 heavy (non-hydrogen) atoms. The van der Waals surface area contributed by atoms with Crippen molar-refractivity contribution in [2.45, 2.75) is 70.8 Å². The number of nitrogens with one attached hydrogen (secondary N) is 1. The van der Waals surface area contributed by atoms with Gasteiger partial charge in [0.1, 0.15) is 0 Å². The molecular formula is C21H34N4O. The average Bonchev–Trinajstić information content (AvgIpc) is 3.42. The van der Waals surface area contributed by atoms with Crippen LogP contribution in [0.2, 0.25) is 0 Å². The molecule has 5 heteroatoms. The normalized spacial score (nSPS) is 25.5. The first-order valence-corrected chi connectivity index (χ1v) is 10.7. The highest BCUT2D eigenvalue weighted by Crippen LogP contribution is 2.33. The number of carbonyl (C=O) groups excluding carboxylic acids is 1. The van der Waals surface area contributed by atoms with Gasteiger partial charge in [0.15, 0.2) is 5.82 Å². The Morgan fingerprint density at radius 3 is 2.46 bits per heavy atom. The fourth-order valence-corrected chi connectivity index (χ4v) is 5.10. The van der Waals surface area contributed by atoms with Crippen molar-refractivity contribution in [3.8, 4) is 0 Å². The van der Waals surface area contributed by atoms with E-state index in [9.17, 15) is 4.79 Å². The fourth-order valence-electron chi connectivity index (χ4n) is 5.10. The molecule has 3 fully saturated rings. The maximum absolute atomic E-state index is 13.3. The van der Waals surface area contributed by atoms with Crippen LogP contribution in [0.15, 0.2) is 6.20 Å². The molecule has 0 aromatic carbocycles. The zero-order valence-corrected chi connectivity index (χ0v) is 16.4. The zero-order chi connectivity index (χ0) is 18.1. The third kappa shape index (κ3) is 3.55. The molecule has 144 valence electrons. The zero-order valence-electron chi connectivity index (χ0n) is 16.4. The maximum Gasteiger partial charge on any atom is 0.289 e. The van der Waals surface area contributed by atoms with E-state index in [0.29, 0.717) is 17.8 Å². The highest BCUT2D eigenvalue weighted by atomic mass is 16.2. The molecular weight excluding hydrogens is 324 g/mol. The first-order chi connectivity index (χ1) is 12.6. The number of nitrogens with zero attached hydrogens (tertiary/aromatic N) is 3. The second-order valence-corrected chi connectivity index (χ2v) is 8.87. The lowest BCUT2D eigenvalue weighted by molar-refractivity contribution is 0.0643. The molecule has 1 unspecified atom stereocenters. The van der Waals surface area contributed by atoms with E-state index < -0.39 is 0 Å². The SMILES string of the molecule is CC(C)c1cn(C2CCCC2)c(C(=O)N2CCC(C3CCNC3)CC2)n1. The Kier molecular flexibility index (Phi) is 5.35. The molecule has 3 heterocycles. The Morgan fingerprint density at radius 2 is 1.85 bits per heavy atom. The predicted octanol–water partition coefficient (Wildman–Crippen LogP) is 3.58. The third-order valence-corrected chi connectivity index (χ3v) is 6.84. The highest BCUT2D eigenvalue weighted by Gasteiger charge is 2.33. The summed E-state index contributed by atoms with van der Waals surface area (Å²) in [6, 6.07) is 0.469. The molecule has 2 saturated heterocycles. The van der Waals surface area contributed by atoms with Crippen LogP contribution in [0.25, 0.3) is 0 Å². The second-order valence-electron chi connectivity index (χ2n) is 8.87. The summed E-state index contributed by atoms with van der Waals surface area (Å²) in [4.78, 5) is 20.1. The molecule has 1 aromatic heterocycles. The van der Waals surface area contributed by atoms with Gasteiger partial charge >= 0.3 is 0 Å². The number of likely N-dealkylation sites (tertiary alicyclic amines) is 1. The predicted molar refractivity (Wildman–Crippen MR) is 103 cm³/mol. The maximum atomic E-state index is 13.3. The van der Waals surface area contributed by atoms with Gasteiger partial charge in [0.05, 0.1) is 5.69 Å². The van der Waals surface area contributed by atoms with E-state index in [1.165, 1.54) is 45.2 Å².